The molecule has 102 valence electrons. The zero-order chi connectivity index (χ0) is 13.8. The second-order valence-corrected chi connectivity index (χ2v) is 5.02. The van der Waals surface area contributed by atoms with Crippen molar-refractivity contribution in [2.24, 2.45) is 0 Å². The van der Waals surface area contributed by atoms with Crippen LogP contribution in [0, 0.1) is 6.92 Å². The molecule has 0 amide bonds. The number of halogens is 1. The minimum absolute atomic E-state index is 0.0777. The molecule has 0 radical (unpaired) electrons. The Kier molecular flexibility index (Phi) is 4.56. The molecule has 1 heterocycles. The first-order chi connectivity index (χ1) is 9.17. The van der Waals surface area contributed by atoms with Gasteiger partial charge >= 0.3 is 0 Å². The van der Waals surface area contributed by atoms with Gasteiger partial charge in [0, 0.05) is 5.02 Å². The van der Waals surface area contributed by atoms with E-state index in [-0.39, 0.29) is 6.61 Å². The van der Waals surface area contributed by atoms with E-state index in [9.17, 15) is 5.11 Å². The number of unbranched alkanes of at least 4 members (excludes halogenated alkanes) is 1. The summed E-state index contributed by atoms with van der Waals surface area (Å²) in [6, 6.07) is 5.68. The summed E-state index contributed by atoms with van der Waals surface area (Å²) in [5, 5.41) is 18.3. The molecule has 2 aromatic rings. The molecular formula is C14H18ClN3O. The Morgan fingerprint density at radius 2 is 2.16 bits per heavy atom. The maximum atomic E-state index is 9.35. The molecule has 2 rings (SSSR count). The van der Waals surface area contributed by atoms with Gasteiger partial charge in [0.2, 0.25) is 0 Å². The van der Waals surface area contributed by atoms with E-state index in [0.717, 1.165) is 36.2 Å². The second kappa shape index (κ2) is 6.17. The van der Waals surface area contributed by atoms with Crippen molar-refractivity contribution in [1.29, 1.82) is 0 Å². The molecule has 0 saturated heterocycles. The van der Waals surface area contributed by atoms with E-state index in [2.05, 4.69) is 17.2 Å². The summed E-state index contributed by atoms with van der Waals surface area (Å²) in [6.07, 6.45) is 3.00. The minimum atomic E-state index is -0.0777. The first kappa shape index (κ1) is 14.0. The quantitative estimate of drug-likeness (QED) is 0.915. The lowest BCUT2D eigenvalue weighted by Gasteiger charge is -2.10. The molecule has 0 aliphatic rings. The van der Waals surface area contributed by atoms with Crippen molar-refractivity contribution in [2.75, 3.05) is 0 Å². The van der Waals surface area contributed by atoms with Gasteiger partial charge in [-0.15, -0.1) is 5.10 Å². The molecular weight excluding hydrogens is 262 g/mol. The van der Waals surface area contributed by atoms with E-state index in [1.165, 1.54) is 0 Å². The maximum absolute atomic E-state index is 9.35. The standard InChI is InChI=1S/C14H18ClN3O/c1-3-4-5-14-12(9-19)16-17-18(14)13-7-6-11(15)8-10(13)2/h6-8,19H,3-5,9H2,1-2H3. The molecule has 1 N–H and O–H groups in total. The van der Waals surface area contributed by atoms with E-state index in [0.29, 0.717) is 10.7 Å². The molecule has 1 aromatic heterocycles. The van der Waals surface area contributed by atoms with Gasteiger partial charge in [-0.3, -0.25) is 0 Å². The topological polar surface area (TPSA) is 50.9 Å². The Morgan fingerprint density at radius 3 is 2.79 bits per heavy atom. The Hall–Kier alpha value is -1.39. The van der Waals surface area contributed by atoms with Crippen LogP contribution in [0.4, 0.5) is 0 Å². The third kappa shape index (κ3) is 2.96. The first-order valence-electron chi connectivity index (χ1n) is 6.48. The number of rotatable bonds is 5. The SMILES string of the molecule is CCCCc1c(CO)nnn1-c1ccc(Cl)cc1C. The molecule has 0 atom stereocenters. The molecule has 19 heavy (non-hydrogen) atoms. The second-order valence-electron chi connectivity index (χ2n) is 4.59. The van der Waals surface area contributed by atoms with Crippen LogP contribution in [0.1, 0.15) is 36.7 Å². The smallest absolute Gasteiger partial charge is 0.112 e. The Labute approximate surface area is 118 Å². The van der Waals surface area contributed by atoms with Crippen molar-refractivity contribution < 1.29 is 5.11 Å². The lowest BCUT2D eigenvalue weighted by Crippen LogP contribution is -2.05. The lowest BCUT2D eigenvalue weighted by atomic mass is 10.1. The molecule has 0 fully saturated rings. The summed E-state index contributed by atoms with van der Waals surface area (Å²) in [5.74, 6) is 0. The highest BCUT2D eigenvalue weighted by Crippen LogP contribution is 2.21. The average molecular weight is 280 g/mol. The molecule has 1 aromatic carbocycles. The Bertz CT molecular complexity index is 566. The number of hydrogen-bond donors (Lipinski definition) is 1. The molecule has 0 unspecified atom stereocenters. The van der Waals surface area contributed by atoms with Crippen molar-refractivity contribution >= 4 is 11.6 Å². The fourth-order valence-electron chi connectivity index (χ4n) is 2.10. The van der Waals surface area contributed by atoms with Gasteiger partial charge in [0.05, 0.1) is 18.0 Å². The summed E-state index contributed by atoms with van der Waals surface area (Å²) in [4.78, 5) is 0. The number of hydrogen-bond acceptors (Lipinski definition) is 3. The number of benzene rings is 1. The summed E-state index contributed by atoms with van der Waals surface area (Å²) >= 11 is 5.98. The number of aliphatic hydroxyl groups excluding tert-OH is 1. The Morgan fingerprint density at radius 1 is 1.37 bits per heavy atom. The lowest BCUT2D eigenvalue weighted by molar-refractivity contribution is 0.275. The number of nitrogens with zero attached hydrogens (tertiary/aromatic N) is 3. The summed E-state index contributed by atoms with van der Waals surface area (Å²) < 4.78 is 1.81. The Balaban J connectivity index is 2.46. The van der Waals surface area contributed by atoms with Crippen LogP contribution in [0.2, 0.25) is 5.02 Å². The van der Waals surface area contributed by atoms with Crippen LogP contribution in [-0.4, -0.2) is 20.1 Å². The third-order valence-corrected chi connectivity index (χ3v) is 3.38. The highest BCUT2D eigenvalue weighted by atomic mass is 35.5. The van der Waals surface area contributed by atoms with Gasteiger partial charge in [-0.05, 0) is 43.5 Å². The normalized spacial score (nSPS) is 10.9. The van der Waals surface area contributed by atoms with Crippen LogP contribution in [0.5, 0.6) is 0 Å². The number of aryl methyl sites for hydroxylation is 1. The van der Waals surface area contributed by atoms with Crippen LogP contribution in [0.15, 0.2) is 18.2 Å². The summed E-state index contributed by atoms with van der Waals surface area (Å²) in [7, 11) is 0. The first-order valence-corrected chi connectivity index (χ1v) is 6.86. The van der Waals surface area contributed by atoms with Crippen LogP contribution in [0.25, 0.3) is 5.69 Å². The molecule has 0 aliphatic carbocycles. The fourth-order valence-corrected chi connectivity index (χ4v) is 2.33. The van der Waals surface area contributed by atoms with Gasteiger partial charge in [-0.25, -0.2) is 4.68 Å². The van der Waals surface area contributed by atoms with Gasteiger partial charge in [0.1, 0.15) is 5.69 Å². The number of aliphatic hydroxyl groups is 1. The van der Waals surface area contributed by atoms with E-state index in [1.807, 2.05) is 29.8 Å². The zero-order valence-electron chi connectivity index (χ0n) is 11.2. The van der Waals surface area contributed by atoms with Crippen molar-refractivity contribution in [1.82, 2.24) is 15.0 Å². The van der Waals surface area contributed by atoms with E-state index in [1.54, 1.807) is 0 Å². The van der Waals surface area contributed by atoms with E-state index < -0.39 is 0 Å². The van der Waals surface area contributed by atoms with Gasteiger partial charge in [0.15, 0.2) is 0 Å². The molecule has 0 bridgehead atoms. The van der Waals surface area contributed by atoms with Crippen molar-refractivity contribution in [3.63, 3.8) is 0 Å². The largest absolute Gasteiger partial charge is 0.390 e. The van der Waals surface area contributed by atoms with Crippen LogP contribution in [0.3, 0.4) is 0 Å². The minimum Gasteiger partial charge on any atom is -0.390 e. The summed E-state index contributed by atoms with van der Waals surface area (Å²) in [5.41, 5.74) is 3.64. The predicted molar refractivity (Wildman–Crippen MR) is 75.6 cm³/mol. The number of aromatic nitrogens is 3. The van der Waals surface area contributed by atoms with Gasteiger partial charge in [0.25, 0.3) is 0 Å². The van der Waals surface area contributed by atoms with E-state index >= 15 is 0 Å². The molecule has 5 heteroatoms. The maximum Gasteiger partial charge on any atom is 0.112 e. The third-order valence-electron chi connectivity index (χ3n) is 3.15. The molecule has 0 saturated carbocycles. The van der Waals surface area contributed by atoms with Crippen molar-refractivity contribution in [3.8, 4) is 5.69 Å². The highest BCUT2D eigenvalue weighted by Gasteiger charge is 2.14. The van der Waals surface area contributed by atoms with Crippen LogP contribution >= 0.6 is 11.6 Å². The predicted octanol–water partition coefficient (Wildman–Crippen LogP) is 3.06. The highest BCUT2D eigenvalue weighted by molar-refractivity contribution is 6.30. The molecule has 4 nitrogen and oxygen atoms in total. The van der Waals surface area contributed by atoms with Crippen LogP contribution in [-0.2, 0) is 13.0 Å². The molecule has 0 aliphatic heterocycles. The monoisotopic (exact) mass is 279 g/mol. The summed E-state index contributed by atoms with van der Waals surface area (Å²) in [6.45, 7) is 4.05. The fraction of sp³-hybridized carbons (Fsp3) is 0.429. The van der Waals surface area contributed by atoms with Gasteiger partial charge in [-0.2, -0.15) is 0 Å². The molecule has 0 spiro atoms. The zero-order valence-corrected chi connectivity index (χ0v) is 12.0. The van der Waals surface area contributed by atoms with Gasteiger partial charge in [-0.1, -0.05) is 30.2 Å². The van der Waals surface area contributed by atoms with Crippen molar-refractivity contribution in [2.45, 2.75) is 39.7 Å². The average Bonchev–Trinajstić information content (AvgIpc) is 2.79. The van der Waals surface area contributed by atoms with Crippen molar-refractivity contribution in [3.05, 3.63) is 40.2 Å². The van der Waals surface area contributed by atoms with E-state index in [4.69, 9.17) is 11.6 Å². The van der Waals surface area contributed by atoms with Crippen LogP contribution < -0.4 is 0 Å². The van der Waals surface area contributed by atoms with Gasteiger partial charge < -0.3 is 5.11 Å².